The van der Waals surface area contributed by atoms with Crippen molar-refractivity contribution in [1.82, 2.24) is 0 Å². The summed E-state index contributed by atoms with van der Waals surface area (Å²) >= 11 is 0. The topological polar surface area (TPSA) is 52.3 Å². The molecule has 0 fully saturated rings. The number of carbonyl (C=O) groups excluding carboxylic acids is 1. The van der Waals surface area contributed by atoms with Gasteiger partial charge in [0.2, 0.25) is 0 Å². The highest BCUT2D eigenvalue weighted by Crippen LogP contribution is 1.94. The van der Waals surface area contributed by atoms with Gasteiger partial charge in [-0.2, -0.15) is 0 Å². The van der Waals surface area contributed by atoms with Crippen LogP contribution in [0.5, 0.6) is 0 Å². The van der Waals surface area contributed by atoms with Gasteiger partial charge in [-0.1, -0.05) is 30.0 Å². The van der Waals surface area contributed by atoms with E-state index in [0.29, 0.717) is 5.70 Å². The Bertz CT molecular complexity index is 500. The van der Waals surface area contributed by atoms with E-state index in [1.807, 2.05) is 30.3 Å². The van der Waals surface area contributed by atoms with Crippen LogP contribution in [-0.4, -0.2) is 12.6 Å². The Balaban J connectivity index is 2.33. The Labute approximate surface area is 107 Å². The van der Waals surface area contributed by atoms with Crippen LogP contribution in [0.1, 0.15) is 12.5 Å². The Morgan fingerprint density at radius 3 is 2.78 bits per heavy atom. The third-order valence-corrected chi connectivity index (χ3v) is 1.86. The van der Waals surface area contributed by atoms with E-state index < -0.39 is 5.97 Å². The number of rotatable bonds is 3. The Morgan fingerprint density at radius 1 is 1.39 bits per heavy atom. The zero-order chi connectivity index (χ0) is 13.2. The average Bonchev–Trinajstić information content (AvgIpc) is 2.34. The van der Waals surface area contributed by atoms with Crippen LogP contribution in [-0.2, 0) is 9.53 Å². The minimum Gasteiger partial charge on any atom is -0.458 e. The third kappa shape index (κ3) is 6.19. The summed E-state index contributed by atoms with van der Waals surface area (Å²) in [6.07, 6.45) is 4.57. The lowest BCUT2D eigenvalue weighted by Gasteiger charge is -1.95. The molecule has 0 radical (unpaired) electrons. The zero-order valence-electron chi connectivity index (χ0n) is 10.2. The summed E-state index contributed by atoms with van der Waals surface area (Å²) in [4.78, 5) is 11.1. The van der Waals surface area contributed by atoms with Crippen molar-refractivity contribution in [2.45, 2.75) is 6.92 Å². The summed E-state index contributed by atoms with van der Waals surface area (Å²) in [6, 6.07) is 9.65. The molecule has 0 heterocycles. The van der Waals surface area contributed by atoms with Gasteiger partial charge < -0.3 is 10.5 Å². The molecule has 0 saturated heterocycles. The molecule has 1 rings (SSSR count). The first-order chi connectivity index (χ1) is 8.68. The highest BCUT2D eigenvalue weighted by Gasteiger charge is 1.94. The lowest BCUT2D eigenvalue weighted by molar-refractivity contribution is -0.136. The van der Waals surface area contributed by atoms with E-state index in [-0.39, 0.29) is 6.61 Å². The minimum atomic E-state index is -0.448. The quantitative estimate of drug-likeness (QED) is 0.500. The van der Waals surface area contributed by atoms with E-state index >= 15 is 0 Å². The van der Waals surface area contributed by atoms with Crippen LogP contribution in [0.25, 0.3) is 0 Å². The maximum atomic E-state index is 11.1. The van der Waals surface area contributed by atoms with Crippen molar-refractivity contribution in [2.75, 3.05) is 6.61 Å². The lowest BCUT2D eigenvalue weighted by Crippen LogP contribution is -2.03. The van der Waals surface area contributed by atoms with Crippen LogP contribution in [0.4, 0.5) is 0 Å². The molecule has 0 aliphatic heterocycles. The highest BCUT2D eigenvalue weighted by molar-refractivity contribution is 5.82. The number of benzene rings is 1. The van der Waals surface area contributed by atoms with Crippen molar-refractivity contribution in [3.8, 4) is 11.8 Å². The van der Waals surface area contributed by atoms with Gasteiger partial charge in [0.25, 0.3) is 0 Å². The average molecular weight is 241 g/mol. The first kappa shape index (κ1) is 13.6. The second-order valence-corrected chi connectivity index (χ2v) is 3.56. The fourth-order valence-corrected chi connectivity index (χ4v) is 1.11. The van der Waals surface area contributed by atoms with Gasteiger partial charge in [-0.25, -0.2) is 4.79 Å². The van der Waals surface area contributed by atoms with Crippen LogP contribution in [0, 0.1) is 11.8 Å². The smallest absolute Gasteiger partial charge is 0.332 e. The van der Waals surface area contributed by atoms with E-state index in [0.717, 1.165) is 5.56 Å². The normalized spacial score (nSPS) is 10.8. The third-order valence-electron chi connectivity index (χ3n) is 1.86. The predicted molar refractivity (Wildman–Crippen MR) is 71.4 cm³/mol. The van der Waals surface area contributed by atoms with Gasteiger partial charge >= 0.3 is 5.97 Å². The van der Waals surface area contributed by atoms with Crippen molar-refractivity contribution in [2.24, 2.45) is 5.73 Å². The Kier molecular flexibility index (Phi) is 5.85. The number of esters is 1. The molecular weight excluding hydrogens is 226 g/mol. The second kappa shape index (κ2) is 7.75. The van der Waals surface area contributed by atoms with Gasteiger partial charge in [0.05, 0.1) is 0 Å². The molecule has 18 heavy (non-hydrogen) atoms. The van der Waals surface area contributed by atoms with Crippen LogP contribution in [0.3, 0.4) is 0 Å². The van der Waals surface area contributed by atoms with Crippen molar-refractivity contribution in [1.29, 1.82) is 0 Å². The SMILES string of the molecule is CC(N)=CC(=O)OCC=CC#Cc1ccccc1. The van der Waals surface area contributed by atoms with Crippen molar-refractivity contribution in [3.63, 3.8) is 0 Å². The van der Waals surface area contributed by atoms with Gasteiger partial charge in [0, 0.05) is 17.3 Å². The van der Waals surface area contributed by atoms with Crippen LogP contribution >= 0.6 is 0 Å². The molecule has 3 heteroatoms. The van der Waals surface area contributed by atoms with Crippen LogP contribution < -0.4 is 5.73 Å². The Morgan fingerprint density at radius 2 is 2.11 bits per heavy atom. The summed E-state index contributed by atoms with van der Waals surface area (Å²) in [5.74, 6) is 5.36. The monoisotopic (exact) mass is 241 g/mol. The molecular formula is C15H15NO2. The van der Waals surface area contributed by atoms with E-state index in [9.17, 15) is 4.79 Å². The molecule has 92 valence electrons. The van der Waals surface area contributed by atoms with Gasteiger partial charge in [-0.3, -0.25) is 0 Å². The second-order valence-electron chi connectivity index (χ2n) is 3.56. The van der Waals surface area contributed by atoms with E-state index in [1.165, 1.54) is 6.08 Å². The standard InChI is InChI=1S/C15H15NO2/c1-13(16)12-15(17)18-11-7-3-6-10-14-8-4-2-5-9-14/h2-5,7-9,12H,11,16H2,1H3. The molecule has 0 atom stereocenters. The number of hydrogen-bond acceptors (Lipinski definition) is 3. The van der Waals surface area contributed by atoms with Gasteiger partial charge in [-0.05, 0) is 31.2 Å². The van der Waals surface area contributed by atoms with Crippen molar-refractivity contribution >= 4 is 5.97 Å². The van der Waals surface area contributed by atoms with Crippen LogP contribution in [0.2, 0.25) is 0 Å². The zero-order valence-corrected chi connectivity index (χ0v) is 10.2. The molecule has 0 bridgehead atoms. The van der Waals surface area contributed by atoms with E-state index in [2.05, 4.69) is 11.8 Å². The predicted octanol–water partition coefficient (Wildman–Crippen LogP) is 2.00. The minimum absolute atomic E-state index is 0.187. The largest absolute Gasteiger partial charge is 0.458 e. The molecule has 0 saturated carbocycles. The maximum Gasteiger partial charge on any atom is 0.332 e. The van der Waals surface area contributed by atoms with Gasteiger partial charge in [0.15, 0.2) is 0 Å². The molecule has 0 aliphatic carbocycles. The molecule has 2 N–H and O–H groups in total. The summed E-state index contributed by atoms with van der Waals surface area (Å²) in [7, 11) is 0. The van der Waals surface area contributed by atoms with Crippen molar-refractivity contribution < 1.29 is 9.53 Å². The fourth-order valence-electron chi connectivity index (χ4n) is 1.11. The lowest BCUT2D eigenvalue weighted by atomic mass is 10.2. The number of hydrogen-bond donors (Lipinski definition) is 1. The molecule has 0 spiro atoms. The summed E-state index contributed by atoms with van der Waals surface area (Å²) < 4.78 is 4.86. The maximum absolute atomic E-state index is 11.1. The summed E-state index contributed by atoms with van der Waals surface area (Å²) in [6.45, 7) is 1.81. The first-order valence-corrected chi connectivity index (χ1v) is 5.50. The molecule has 1 aromatic carbocycles. The number of allylic oxidation sites excluding steroid dienone is 2. The molecule has 0 aromatic heterocycles. The molecule has 0 aliphatic rings. The number of ether oxygens (including phenoxy) is 1. The molecule has 3 nitrogen and oxygen atoms in total. The highest BCUT2D eigenvalue weighted by atomic mass is 16.5. The fraction of sp³-hybridized carbons (Fsp3) is 0.133. The molecule has 1 aromatic rings. The Hall–Kier alpha value is -2.47. The first-order valence-electron chi connectivity index (χ1n) is 5.50. The van der Waals surface area contributed by atoms with Gasteiger partial charge in [-0.15, -0.1) is 0 Å². The van der Waals surface area contributed by atoms with E-state index in [1.54, 1.807) is 19.1 Å². The summed E-state index contributed by atoms with van der Waals surface area (Å²) in [5.41, 5.74) is 6.70. The molecule has 0 unspecified atom stereocenters. The summed E-state index contributed by atoms with van der Waals surface area (Å²) in [5, 5.41) is 0. The molecule has 0 amide bonds. The van der Waals surface area contributed by atoms with Crippen LogP contribution in [0.15, 0.2) is 54.3 Å². The van der Waals surface area contributed by atoms with E-state index in [4.69, 9.17) is 10.5 Å². The van der Waals surface area contributed by atoms with Gasteiger partial charge in [0.1, 0.15) is 6.61 Å². The number of nitrogens with two attached hydrogens (primary N) is 1. The number of carbonyl (C=O) groups is 1. The van der Waals surface area contributed by atoms with Crippen molar-refractivity contribution in [3.05, 3.63) is 59.8 Å².